The summed E-state index contributed by atoms with van der Waals surface area (Å²) >= 11 is 1.19. The first-order valence-electron chi connectivity index (χ1n) is 8.92. The van der Waals surface area contributed by atoms with Gasteiger partial charge in [0, 0.05) is 22.8 Å². The first-order chi connectivity index (χ1) is 14.0. The Labute approximate surface area is 169 Å². The lowest BCUT2D eigenvalue weighted by molar-refractivity contribution is -0.139. The van der Waals surface area contributed by atoms with Crippen LogP contribution in [0.2, 0.25) is 0 Å². The molecule has 1 saturated heterocycles. The van der Waals surface area contributed by atoms with Gasteiger partial charge in [0.25, 0.3) is 17.7 Å². The van der Waals surface area contributed by atoms with E-state index in [0.29, 0.717) is 33.5 Å². The van der Waals surface area contributed by atoms with E-state index in [2.05, 4.69) is 20.7 Å². The number of nitrogens with zero attached hydrogens (tertiary/aromatic N) is 3. The zero-order valence-corrected chi connectivity index (χ0v) is 16.1. The summed E-state index contributed by atoms with van der Waals surface area (Å²) in [6.07, 6.45) is 1.63. The number of aryl methyl sites for hydroxylation is 1. The maximum Gasteiger partial charge on any atom is 0.271 e. The monoisotopic (exact) mass is 405 g/mol. The van der Waals surface area contributed by atoms with Gasteiger partial charge >= 0.3 is 0 Å². The van der Waals surface area contributed by atoms with Crippen molar-refractivity contribution in [3.05, 3.63) is 65.5 Å². The Kier molecular flexibility index (Phi) is 3.82. The third-order valence-corrected chi connectivity index (χ3v) is 6.45. The molecule has 1 aromatic carbocycles. The Morgan fingerprint density at radius 3 is 2.93 bits per heavy atom. The fourth-order valence-electron chi connectivity index (χ4n) is 3.68. The van der Waals surface area contributed by atoms with Crippen molar-refractivity contribution in [1.29, 1.82) is 0 Å². The number of hydrogen-bond donors (Lipinski definition) is 2. The van der Waals surface area contributed by atoms with E-state index in [1.165, 1.54) is 11.8 Å². The highest BCUT2D eigenvalue weighted by atomic mass is 32.2. The molecule has 1 spiro atoms. The average molecular weight is 405 g/mol. The van der Waals surface area contributed by atoms with Crippen LogP contribution in [0.15, 0.2) is 48.7 Å². The average Bonchev–Trinajstić information content (AvgIpc) is 3.19. The molecule has 3 amide bonds. The van der Waals surface area contributed by atoms with Crippen LogP contribution in [0.25, 0.3) is 11.0 Å². The van der Waals surface area contributed by atoms with Crippen LogP contribution in [0, 0.1) is 6.92 Å². The van der Waals surface area contributed by atoms with Gasteiger partial charge in [-0.15, -0.1) is 11.8 Å². The van der Waals surface area contributed by atoms with Gasteiger partial charge in [0.15, 0.2) is 5.65 Å². The summed E-state index contributed by atoms with van der Waals surface area (Å²) in [4.78, 5) is 45.8. The molecular weight excluding hydrogens is 390 g/mol. The Morgan fingerprint density at radius 1 is 1.24 bits per heavy atom. The molecule has 2 aliphatic heterocycles. The molecule has 144 valence electrons. The van der Waals surface area contributed by atoms with Crippen LogP contribution >= 0.6 is 11.8 Å². The summed E-state index contributed by atoms with van der Waals surface area (Å²) in [5.74, 6) is -1.12. The number of nitrogens with one attached hydrogen (secondary N) is 2. The highest BCUT2D eigenvalue weighted by molar-refractivity contribution is 8.02. The quantitative estimate of drug-likeness (QED) is 0.676. The molecule has 9 heteroatoms. The van der Waals surface area contributed by atoms with E-state index in [9.17, 15) is 14.4 Å². The van der Waals surface area contributed by atoms with Crippen LogP contribution in [-0.2, 0) is 14.5 Å². The largest absolute Gasteiger partial charge is 0.322 e. The lowest BCUT2D eigenvalue weighted by Gasteiger charge is -2.32. The molecule has 2 aliphatic rings. The van der Waals surface area contributed by atoms with Gasteiger partial charge in [-0.25, -0.2) is 15.0 Å². The Morgan fingerprint density at radius 2 is 2.07 bits per heavy atom. The lowest BCUT2D eigenvalue weighted by Crippen LogP contribution is -2.55. The van der Waals surface area contributed by atoms with Gasteiger partial charge < -0.3 is 5.32 Å². The molecule has 1 atom stereocenters. The summed E-state index contributed by atoms with van der Waals surface area (Å²) < 4.78 is 0. The van der Waals surface area contributed by atoms with E-state index in [-0.39, 0.29) is 17.6 Å². The molecular formula is C20H15N5O3S. The zero-order valence-electron chi connectivity index (χ0n) is 15.3. The number of rotatable bonds is 2. The van der Waals surface area contributed by atoms with Crippen molar-refractivity contribution in [2.75, 3.05) is 11.1 Å². The van der Waals surface area contributed by atoms with E-state index < -0.39 is 10.8 Å². The minimum Gasteiger partial charge on any atom is -0.322 e. The van der Waals surface area contributed by atoms with Gasteiger partial charge in [0.05, 0.1) is 17.0 Å². The van der Waals surface area contributed by atoms with Crippen molar-refractivity contribution in [2.45, 2.75) is 11.8 Å². The minimum atomic E-state index is -1.32. The topological polar surface area (TPSA) is 104 Å². The number of pyridine rings is 2. The van der Waals surface area contributed by atoms with Crippen molar-refractivity contribution in [2.24, 2.45) is 0 Å². The van der Waals surface area contributed by atoms with Gasteiger partial charge in [-0.3, -0.25) is 19.8 Å². The van der Waals surface area contributed by atoms with Crippen molar-refractivity contribution in [1.82, 2.24) is 20.4 Å². The predicted octanol–water partition coefficient (Wildman–Crippen LogP) is 1.96. The number of carbonyl (C=O) groups is 3. The molecule has 0 saturated carbocycles. The minimum absolute atomic E-state index is 0.0842. The van der Waals surface area contributed by atoms with Gasteiger partial charge in [0.2, 0.25) is 4.87 Å². The van der Waals surface area contributed by atoms with Crippen LogP contribution in [-0.4, -0.2) is 38.5 Å². The van der Waals surface area contributed by atoms with Crippen LogP contribution in [0.5, 0.6) is 0 Å². The molecule has 0 bridgehead atoms. The first kappa shape index (κ1) is 17.6. The van der Waals surface area contributed by atoms with Crippen molar-refractivity contribution in [3.8, 4) is 0 Å². The fraction of sp³-hybridized carbons (Fsp3) is 0.150. The molecule has 1 unspecified atom stereocenters. The number of carbonyl (C=O) groups excluding carboxylic acids is 3. The van der Waals surface area contributed by atoms with Crippen LogP contribution in [0.1, 0.15) is 21.6 Å². The first-order valence-corrected chi connectivity index (χ1v) is 9.90. The highest BCUT2D eigenvalue weighted by Gasteiger charge is 2.58. The summed E-state index contributed by atoms with van der Waals surface area (Å²) in [7, 11) is 0. The number of thioether (sulfide) groups is 1. The number of amides is 3. The molecule has 4 heterocycles. The predicted molar refractivity (Wildman–Crippen MR) is 108 cm³/mol. The van der Waals surface area contributed by atoms with E-state index in [1.54, 1.807) is 49.5 Å². The lowest BCUT2D eigenvalue weighted by atomic mass is 10.1. The number of benzene rings is 1. The molecule has 2 aromatic heterocycles. The maximum absolute atomic E-state index is 13.1. The smallest absolute Gasteiger partial charge is 0.271 e. The van der Waals surface area contributed by atoms with E-state index in [0.717, 1.165) is 5.01 Å². The standard InChI is InChI=1S/C20H15N5O3S/c1-11-13(9-12-5-4-8-21-17(12)22-11)18(27)24-25-16(26)10-29-20(25)14-6-2-3-7-15(14)23-19(20)28/h2-9H,10H2,1H3,(H,23,28)(H,24,27). The van der Waals surface area contributed by atoms with Gasteiger partial charge in [-0.05, 0) is 31.2 Å². The number of hydrogen-bond acceptors (Lipinski definition) is 6. The molecule has 3 aromatic rings. The zero-order chi connectivity index (χ0) is 20.2. The van der Waals surface area contributed by atoms with E-state index in [4.69, 9.17) is 0 Å². The van der Waals surface area contributed by atoms with Crippen LogP contribution < -0.4 is 10.7 Å². The third-order valence-electron chi connectivity index (χ3n) is 5.06. The fourth-order valence-corrected chi connectivity index (χ4v) is 4.93. The molecule has 0 aliphatic carbocycles. The molecule has 0 radical (unpaired) electrons. The second kappa shape index (κ2) is 6.28. The van der Waals surface area contributed by atoms with Crippen LogP contribution in [0.4, 0.5) is 5.69 Å². The number of aromatic nitrogens is 2. The number of hydrazine groups is 1. The summed E-state index contributed by atoms with van der Waals surface area (Å²) in [6, 6.07) is 12.4. The van der Waals surface area contributed by atoms with Gasteiger partial charge in [0.1, 0.15) is 0 Å². The molecule has 8 nitrogen and oxygen atoms in total. The summed E-state index contributed by atoms with van der Waals surface area (Å²) in [6.45, 7) is 1.71. The van der Waals surface area contributed by atoms with Crippen LogP contribution in [0.3, 0.4) is 0 Å². The van der Waals surface area contributed by atoms with Gasteiger partial charge in [-0.2, -0.15) is 0 Å². The maximum atomic E-state index is 13.1. The number of anilines is 1. The van der Waals surface area contributed by atoms with Crippen molar-refractivity contribution < 1.29 is 14.4 Å². The van der Waals surface area contributed by atoms with E-state index >= 15 is 0 Å². The molecule has 29 heavy (non-hydrogen) atoms. The second-order valence-corrected chi connectivity index (χ2v) is 7.94. The summed E-state index contributed by atoms with van der Waals surface area (Å²) in [5, 5.41) is 4.66. The van der Waals surface area contributed by atoms with E-state index in [1.807, 2.05) is 6.07 Å². The molecule has 5 rings (SSSR count). The Hall–Kier alpha value is -3.46. The SMILES string of the molecule is Cc1nc2ncccc2cc1C(=O)NN1C(=O)CSC12C(=O)Nc1ccccc12. The van der Waals surface area contributed by atoms with Crippen molar-refractivity contribution >= 4 is 46.2 Å². The number of para-hydroxylation sites is 1. The molecule has 1 fully saturated rings. The van der Waals surface area contributed by atoms with Gasteiger partial charge in [-0.1, -0.05) is 18.2 Å². The second-order valence-electron chi connectivity index (χ2n) is 6.77. The number of fused-ring (bicyclic) bond motifs is 3. The third kappa shape index (κ3) is 2.51. The Balaban J connectivity index is 1.54. The summed E-state index contributed by atoms with van der Waals surface area (Å²) in [5.41, 5.74) is 5.28. The normalized spacial score (nSPS) is 20.2. The van der Waals surface area contributed by atoms with Crippen molar-refractivity contribution in [3.63, 3.8) is 0 Å². The highest BCUT2D eigenvalue weighted by Crippen LogP contribution is 2.51. The molecule has 2 N–H and O–H groups in total. The Bertz CT molecular complexity index is 1210.